The second-order valence-electron chi connectivity index (χ2n) is 7.86. The number of carbonyl (C=O) groups is 1. The van der Waals surface area contributed by atoms with Crippen molar-refractivity contribution in [3.8, 4) is 0 Å². The fraction of sp³-hybridized carbons (Fsp3) is 0.435. The third-order valence-electron chi connectivity index (χ3n) is 5.97. The lowest BCUT2D eigenvalue weighted by molar-refractivity contribution is 0.0782. The molecule has 2 atom stereocenters. The Bertz CT molecular complexity index is 773. The monoisotopic (exact) mass is 366 g/mol. The van der Waals surface area contributed by atoms with Crippen LogP contribution in [0.3, 0.4) is 0 Å². The maximum atomic E-state index is 13.8. The lowest BCUT2D eigenvalue weighted by atomic mass is 9.88. The Morgan fingerprint density at radius 3 is 2.48 bits per heavy atom. The lowest BCUT2D eigenvalue weighted by Gasteiger charge is -2.31. The van der Waals surface area contributed by atoms with Gasteiger partial charge in [-0.3, -0.25) is 4.79 Å². The molecule has 0 spiro atoms. The molecule has 0 N–H and O–H groups in total. The summed E-state index contributed by atoms with van der Waals surface area (Å²) in [7, 11) is 0. The molecule has 0 radical (unpaired) electrons. The minimum Gasteiger partial charge on any atom is -0.338 e. The van der Waals surface area contributed by atoms with Gasteiger partial charge < -0.3 is 9.80 Å². The van der Waals surface area contributed by atoms with E-state index >= 15 is 0 Å². The number of benzene rings is 2. The van der Waals surface area contributed by atoms with Crippen molar-refractivity contribution >= 4 is 5.91 Å². The van der Waals surface area contributed by atoms with Gasteiger partial charge in [-0.05, 0) is 61.7 Å². The molecular formula is C23H27FN2O. The van der Waals surface area contributed by atoms with E-state index in [4.69, 9.17) is 0 Å². The number of likely N-dealkylation sites (tertiary alicyclic amines) is 2. The molecule has 3 nitrogen and oxygen atoms in total. The SMILES string of the molecule is O=C(c1ccccc1)N1C[C@H](CN2CCCCC2)[C@@H](c2cccc(F)c2)C1. The molecule has 0 unspecified atom stereocenters. The van der Waals surface area contributed by atoms with Gasteiger partial charge in [0.2, 0.25) is 0 Å². The molecule has 0 aliphatic carbocycles. The van der Waals surface area contributed by atoms with E-state index in [1.54, 1.807) is 12.1 Å². The molecule has 142 valence electrons. The van der Waals surface area contributed by atoms with Crippen LogP contribution >= 0.6 is 0 Å². The Balaban J connectivity index is 1.55. The molecule has 0 bridgehead atoms. The maximum absolute atomic E-state index is 13.8. The van der Waals surface area contributed by atoms with Crippen molar-refractivity contribution in [3.05, 3.63) is 71.5 Å². The first-order chi connectivity index (χ1) is 13.2. The molecule has 2 heterocycles. The minimum absolute atomic E-state index is 0.0816. The van der Waals surface area contributed by atoms with Crippen molar-refractivity contribution in [3.63, 3.8) is 0 Å². The van der Waals surface area contributed by atoms with Crippen LogP contribution in [0.15, 0.2) is 54.6 Å². The van der Waals surface area contributed by atoms with Gasteiger partial charge in [-0.25, -0.2) is 4.39 Å². The molecule has 27 heavy (non-hydrogen) atoms. The average Bonchev–Trinajstić information content (AvgIpc) is 3.12. The molecule has 1 amide bonds. The predicted molar refractivity (Wildman–Crippen MR) is 105 cm³/mol. The summed E-state index contributed by atoms with van der Waals surface area (Å²) >= 11 is 0. The molecular weight excluding hydrogens is 339 g/mol. The Labute approximate surface area is 160 Å². The molecule has 2 aliphatic heterocycles. The summed E-state index contributed by atoms with van der Waals surface area (Å²) in [5.74, 6) is 0.419. The number of piperidine rings is 1. The van der Waals surface area contributed by atoms with Crippen molar-refractivity contribution in [2.45, 2.75) is 25.2 Å². The van der Waals surface area contributed by atoms with Crippen LogP contribution in [0, 0.1) is 11.7 Å². The highest BCUT2D eigenvalue weighted by Gasteiger charge is 2.37. The maximum Gasteiger partial charge on any atom is 0.253 e. The number of carbonyl (C=O) groups excluding carboxylic acids is 1. The van der Waals surface area contributed by atoms with E-state index in [1.165, 1.54) is 25.3 Å². The van der Waals surface area contributed by atoms with Gasteiger partial charge in [0.05, 0.1) is 0 Å². The standard InChI is InChI=1S/C23H27FN2O/c24-21-11-7-10-19(14-21)22-17-26(23(27)18-8-3-1-4-9-18)16-20(22)15-25-12-5-2-6-13-25/h1,3-4,7-11,14,20,22H,2,5-6,12-13,15-17H2/t20-,22+/m0/s1. The molecule has 2 aliphatic rings. The molecule has 2 aromatic carbocycles. The fourth-order valence-corrected chi connectivity index (χ4v) is 4.57. The van der Waals surface area contributed by atoms with Gasteiger partial charge in [0.15, 0.2) is 0 Å². The second-order valence-corrected chi connectivity index (χ2v) is 7.86. The Morgan fingerprint density at radius 1 is 0.963 bits per heavy atom. The van der Waals surface area contributed by atoms with Crippen molar-refractivity contribution in [2.24, 2.45) is 5.92 Å². The molecule has 4 heteroatoms. The first kappa shape index (κ1) is 18.2. The summed E-state index contributed by atoms with van der Waals surface area (Å²) in [6.07, 6.45) is 3.82. The normalized spacial score (nSPS) is 23.5. The van der Waals surface area contributed by atoms with Crippen LogP contribution in [0.25, 0.3) is 0 Å². The topological polar surface area (TPSA) is 23.6 Å². The van der Waals surface area contributed by atoms with Crippen molar-refractivity contribution < 1.29 is 9.18 Å². The summed E-state index contributed by atoms with van der Waals surface area (Å²) in [6.45, 7) is 4.67. The smallest absolute Gasteiger partial charge is 0.253 e. The van der Waals surface area contributed by atoms with Crippen molar-refractivity contribution in [1.82, 2.24) is 9.80 Å². The van der Waals surface area contributed by atoms with E-state index in [2.05, 4.69) is 4.90 Å². The van der Waals surface area contributed by atoms with Gasteiger partial charge in [-0.1, -0.05) is 36.8 Å². The van der Waals surface area contributed by atoms with Gasteiger partial charge in [-0.2, -0.15) is 0 Å². The highest BCUT2D eigenvalue weighted by Crippen LogP contribution is 2.35. The molecule has 2 aromatic rings. The zero-order valence-corrected chi connectivity index (χ0v) is 15.7. The van der Waals surface area contributed by atoms with Crippen LogP contribution in [-0.2, 0) is 0 Å². The fourth-order valence-electron chi connectivity index (χ4n) is 4.57. The average molecular weight is 366 g/mol. The van der Waals surface area contributed by atoms with Crippen LogP contribution in [0.2, 0.25) is 0 Å². The molecule has 4 rings (SSSR count). The van der Waals surface area contributed by atoms with Gasteiger partial charge in [0.1, 0.15) is 5.82 Å². The van der Waals surface area contributed by atoms with Crippen LogP contribution < -0.4 is 0 Å². The third-order valence-corrected chi connectivity index (χ3v) is 5.97. The summed E-state index contributed by atoms with van der Waals surface area (Å²) in [5, 5.41) is 0. The Morgan fingerprint density at radius 2 is 1.74 bits per heavy atom. The van der Waals surface area contributed by atoms with E-state index in [0.717, 1.165) is 37.3 Å². The molecule has 0 saturated carbocycles. The van der Waals surface area contributed by atoms with Crippen LogP contribution in [0.4, 0.5) is 4.39 Å². The summed E-state index contributed by atoms with van der Waals surface area (Å²) in [6, 6.07) is 16.4. The first-order valence-electron chi connectivity index (χ1n) is 10.0. The molecule has 0 aromatic heterocycles. The zero-order chi connectivity index (χ0) is 18.6. The van der Waals surface area contributed by atoms with Crippen LogP contribution in [-0.4, -0.2) is 48.4 Å². The number of nitrogens with zero attached hydrogens (tertiary/aromatic N) is 2. The minimum atomic E-state index is -0.197. The van der Waals surface area contributed by atoms with Gasteiger partial charge in [-0.15, -0.1) is 0 Å². The van der Waals surface area contributed by atoms with E-state index in [-0.39, 0.29) is 17.6 Å². The van der Waals surface area contributed by atoms with Crippen molar-refractivity contribution in [2.75, 3.05) is 32.7 Å². The number of hydrogen-bond donors (Lipinski definition) is 0. The van der Waals surface area contributed by atoms with E-state index < -0.39 is 0 Å². The van der Waals surface area contributed by atoms with Crippen LogP contribution in [0.1, 0.15) is 41.1 Å². The molecule has 2 fully saturated rings. The Kier molecular flexibility index (Phi) is 5.53. The third kappa shape index (κ3) is 4.22. The van der Waals surface area contributed by atoms with Gasteiger partial charge in [0, 0.05) is 31.1 Å². The quantitative estimate of drug-likeness (QED) is 0.811. The van der Waals surface area contributed by atoms with E-state index in [1.807, 2.05) is 41.3 Å². The summed E-state index contributed by atoms with van der Waals surface area (Å²) < 4.78 is 13.8. The molecule has 2 saturated heterocycles. The first-order valence-corrected chi connectivity index (χ1v) is 10.0. The highest BCUT2D eigenvalue weighted by atomic mass is 19.1. The number of amides is 1. The predicted octanol–water partition coefficient (Wildman–Crippen LogP) is 4.17. The van der Waals surface area contributed by atoms with Gasteiger partial charge in [0.25, 0.3) is 5.91 Å². The second kappa shape index (κ2) is 8.22. The highest BCUT2D eigenvalue weighted by molar-refractivity contribution is 5.94. The summed E-state index contributed by atoms with van der Waals surface area (Å²) in [5.41, 5.74) is 1.74. The number of halogens is 1. The largest absolute Gasteiger partial charge is 0.338 e. The van der Waals surface area contributed by atoms with Crippen LogP contribution in [0.5, 0.6) is 0 Å². The van der Waals surface area contributed by atoms with E-state index in [0.29, 0.717) is 12.5 Å². The summed E-state index contributed by atoms with van der Waals surface area (Å²) in [4.78, 5) is 17.4. The van der Waals surface area contributed by atoms with E-state index in [9.17, 15) is 9.18 Å². The van der Waals surface area contributed by atoms with Crippen molar-refractivity contribution in [1.29, 1.82) is 0 Å². The lowest BCUT2D eigenvalue weighted by Crippen LogP contribution is -2.36. The number of hydrogen-bond acceptors (Lipinski definition) is 2. The number of rotatable bonds is 4. The Hall–Kier alpha value is -2.20. The zero-order valence-electron chi connectivity index (χ0n) is 15.7. The van der Waals surface area contributed by atoms with Gasteiger partial charge >= 0.3 is 0 Å².